The van der Waals surface area contributed by atoms with Crippen LogP contribution in [0.4, 0.5) is 9.93 Å². The van der Waals surface area contributed by atoms with E-state index in [2.05, 4.69) is 25.8 Å². The van der Waals surface area contributed by atoms with E-state index in [1.165, 1.54) is 23.1 Å². The van der Waals surface area contributed by atoms with E-state index < -0.39 is 18.0 Å². The monoisotopic (exact) mass is 493 g/mol. The van der Waals surface area contributed by atoms with Crippen LogP contribution in [0.25, 0.3) is 10.9 Å². The molecule has 2 amide bonds. The number of amides is 2. The predicted octanol–water partition coefficient (Wildman–Crippen LogP) is 4.67. The standard InChI is InChI=1S/C24H23N5O3S2/c1-2-32-21(30)20(14-16-8-4-3-5-9-16)26-22(31)27-23-28-29-24(34-23)33-15-18-13-12-17-10-6-7-11-19(17)25-18/h3-13,20H,2,14-15H2,1H3,(H2,26,27,28,31)/t20-/m0/s1. The van der Waals surface area contributed by atoms with Crippen molar-refractivity contribution in [3.8, 4) is 0 Å². The van der Waals surface area contributed by atoms with Gasteiger partial charge in [-0.3, -0.25) is 10.3 Å². The average Bonchev–Trinajstić information content (AvgIpc) is 3.30. The van der Waals surface area contributed by atoms with E-state index >= 15 is 0 Å². The highest BCUT2D eigenvalue weighted by Crippen LogP contribution is 2.28. The van der Waals surface area contributed by atoms with E-state index in [4.69, 9.17) is 4.74 Å². The van der Waals surface area contributed by atoms with Crippen molar-refractivity contribution in [2.75, 3.05) is 11.9 Å². The molecule has 0 spiro atoms. The zero-order valence-corrected chi connectivity index (χ0v) is 20.1. The normalized spacial score (nSPS) is 11.7. The number of pyridine rings is 1. The van der Waals surface area contributed by atoms with Crippen molar-refractivity contribution in [1.29, 1.82) is 0 Å². The number of carbonyl (C=O) groups is 2. The highest BCUT2D eigenvalue weighted by Gasteiger charge is 2.23. The van der Waals surface area contributed by atoms with Crippen LogP contribution in [0.1, 0.15) is 18.2 Å². The molecule has 2 aromatic carbocycles. The van der Waals surface area contributed by atoms with Crippen molar-refractivity contribution in [1.82, 2.24) is 20.5 Å². The van der Waals surface area contributed by atoms with E-state index in [0.29, 0.717) is 21.6 Å². The first-order valence-electron chi connectivity index (χ1n) is 10.7. The molecule has 0 saturated heterocycles. The molecular weight excluding hydrogens is 470 g/mol. The molecule has 2 heterocycles. The summed E-state index contributed by atoms with van der Waals surface area (Å²) in [6, 6.07) is 20.1. The lowest BCUT2D eigenvalue weighted by atomic mass is 10.1. The van der Waals surface area contributed by atoms with Crippen LogP contribution < -0.4 is 10.6 Å². The lowest BCUT2D eigenvalue weighted by Crippen LogP contribution is -2.45. The minimum absolute atomic E-state index is 0.233. The maximum atomic E-state index is 12.5. The molecule has 0 radical (unpaired) electrons. The average molecular weight is 494 g/mol. The lowest BCUT2D eigenvalue weighted by Gasteiger charge is -2.17. The number of anilines is 1. The third-order valence-electron chi connectivity index (χ3n) is 4.79. The highest BCUT2D eigenvalue weighted by molar-refractivity contribution is 8.00. The van der Waals surface area contributed by atoms with Crippen molar-refractivity contribution < 1.29 is 14.3 Å². The molecule has 0 aliphatic heterocycles. The quantitative estimate of drug-likeness (QED) is 0.198. The summed E-state index contributed by atoms with van der Waals surface area (Å²) in [7, 11) is 0. The Hall–Kier alpha value is -3.50. The molecule has 1 atom stereocenters. The summed E-state index contributed by atoms with van der Waals surface area (Å²) in [5.74, 6) is 0.145. The number of nitrogens with zero attached hydrogens (tertiary/aromatic N) is 3. The number of urea groups is 1. The topological polar surface area (TPSA) is 106 Å². The van der Waals surface area contributed by atoms with Gasteiger partial charge in [0.05, 0.1) is 17.8 Å². The van der Waals surface area contributed by atoms with Crippen LogP contribution in [0.2, 0.25) is 0 Å². The summed E-state index contributed by atoms with van der Waals surface area (Å²) >= 11 is 2.75. The Balaban J connectivity index is 1.33. The minimum Gasteiger partial charge on any atom is -0.464 e. The van der Waals surface area contributed by atoms with Crippen LogP contribution in [0.15, 0.2) is 71.1 Å². The van der Waals surface area contributed by atoms with E-state index in [-0.39, 0.29) is 6.61 Å². The molecule has 174 valence electrons. The zero-order chi connectivity index (χ0) is 23.8. The van der Waals surface area contributed by atoms with Crippen molar-refractivity contribution >= 4 is 51.1 Å². The van der Waals surface area contributed by atoms with Gasteiger partial charge in [-0.25, -0.2) is 9.59 Å². The second kappa shape index (κ2) is 11.6. The number of benzene rings is 2. The second-order valence-electron chi connectivity index (χ2n) is 7.25. The number of thioether (sulfide) groups is 1. The van der Waals surface area contributed by atoms with Gasteiger partial charge in [0, 0.05) is 17.6 Å². The molecule has 0 aliphatic carbocycles. The second-order valence-corrected chi connectivity index (χ2v) is 9.45. The van der Waals surface area contributed by atoms with E-state index in [0.717, 1.165) is 22.2 Å². The molecule has 2 aromatic heterocycles. The van der Waals surface area contributed by atoms with Crippen LogP contribution in [-0.2, 0) is 21.7 Å². The number of carbonyl (C=O) groups excluding carboxylic acids is 2. The van der Waals surface area contributed by atoms with Crippen LogP contribution in [-0.4, -0.2) is 39.8 Å². The molecule has 4 rings (SSSR count). The first-order valence-corrected chi connectivity index (χ1v) is 12.5. The van der Waals surface area contributed by atoms with Gasteiger partial charge < -0.3 is 10.1 Å². The number of hydrogen-bond acceptors (Lipinski definition) is 8. The van der Waals surface area contributed by atoms with Crippen LogP contribution >= 0.6 is 23.1 Å². The largest absolute Gasteiger partial charge is 0.464 e. The Kier molecular flexibility index (Phi) is 8.05. The Morgan fingerprint density at radius 3 is 2.65 bits per heavy atom. The summed E-state index contributed by atoms with van der Waals surface area (Å²) < 4.78 is 5.82. The Morgan fingerprint density at radius 2 is 1.82 bits per heavy atom. The summed E-state index contributed by atoms with van der Waals surface area (Å²) in [5.41, 5.74) is 2.80. The number of esters is 1. The van der Waals surface area contributed by atoms with Gasteiger partial charge in [0.25, 0.3) is 0 Å². The van der Waals surface area contributed by atoms with Gasteiger partial charge in [-0.05, 0) is 24.6 Å². The van der Waals surface area contributed by atoms with Crippen molar-refractivity contribution in [2.45, 2.75) is 29.5 Å². The minimum atomic E-state index is -0.817. The molecule has 0 aliphatic rings. The molecule has 2 N–H and O–H groups in total. The van der Waals surface area contributed by atoms with Crippen LogP contribution in [0, 0.1) is 0 Å². The molecule has 0 unspecified atom stereocenters. The summed E-state index contributed by atoms with van der Waals surface area (Å²) in [6.45, 7) is 1.96. The molecule has 0 saturated carbocycles. The van der Waals surface area contributed by atoms with Gasteiger partial charge in [-0.2, -0.15) is 0 Å². The van der Waals surface area contributed by atoms with Gasteiger partial charge in [0.1, 0.15) is 6.04 Å². The SMILES string of the molecule is CCOC(=O)[C@H](Cc1ccccc1)NC(=O)Nc1nnc(SCc2ccc3ccccc3n2)s1. The number of aromatic nitrogens is 3. The van der Waals surface area contributed by atoms with Gasteiger partial charge in [-0.1, -0.05) is 77.7 Å². The first-order chi connectivity index (χ1) is 16.6. The van der Waals surface area contributed by atoms with E-state index in [1.807, 2.05) is 66.7 Å². The lowest BCUT2D eigenvalue weighted by molar-refractivity contribution is -0.145. The smallest absolute Gasteiger partial charge is 0.329 e. The van der Waals surface area contributed by atoms with Gasteiger partial charge in [0.15, 0.2) is 4.34 Å². The third-order valence-corrected chi connectivity index (χ3v) is 6.79. The van der Waals surface area contributed by atoms with E-state index in [1.54, 1.807) is 6.92 Å². The molecule has 4 aromatic rings. The molecule has 8 nitrogen and oxygen atoms in total. The van der Waals surface area contributed by atoms with Crippen LogP contribution in [0.5, 0.6) is 0 Å². The number of fused-ring (bicyclic) bond motifs is 1. The van der Waals surface area contributed by atoms with Gasteiger partial charge in [0.2, 0.25) is 5.13 Å². The van der Waals surface area contributed by atoms with Gasteiger partial charge in [-0.15, -0.1) is 10.2 Å². The highest BCUT2D eigenvalue weighted by atomic mass is 32.2. The Labute approximate surface area is 205 Å². The maximum absolute atomic E-state index is 12.5. The fourth-order valence-corrected chi connectivity index (χ4v) is 4.87. The van der Waals surface area contributed by atoms with Gasteiger partial charge >= 0.3 is 12.0 Å². The van der Waals surface area contributed by atoms with Crippen LogP contribution in [0.3, 0.4) is 0 Å². The maximum Gasteiger partial charge on any atom is 0.329 e. The van der Waals surface area contributed by atoms with Crippen molar-refractivity contribution in [3.63, 3.8) is 0 Å². The molecule has 10 heteroatoms. The molecule has 34 heavy (non-hydrogen) atoms. The number of rotatable bonds is 9. The summed E-state index contributed by atoms with van der Waals surface area (Å²) in [4.78, 5) is 29.5. The summed E-state index contributed by atoms with van der Waals surface area (Å²) in [5, 5.41) is 14.9. The molecule has 0 bridgehead atoms. The fourth-order valence-electron chi connectivity index (χ4n) is 3.22. The number of hydrogen-bond donors (Lipinski definition) is 2. The molecular formula is C24H23N5O3S2. The summed E-state index contributed by atoms with van der Waals surface area (Å²) in [6.07, 6.45) is 0.322. The number of para-hydroxylation sites is 1. The van der Waals surface area contributed by atoms with E-state index in [9.17, 15) is 9.59 Å². The fraction of sp³-hybridized carbons (Fsp3) is 0.208. The third kappa shape index (κ3) is 6.52. The predicted molar refractivity (Wildman–Crippen MR) is 134 cm³/mol. The first kappa shape index (κ1) is 23.7. The molecule has 0 fully saturated rings. The number of nitrogens with one attached hydrogen (secondary N) is 2. The van der Waals surface area contributed by atoms with Crippen molar-refractivity contribution in [2.24, 2.45) is 0 Å². The zero-order valence-electron chi connectivity index (χ0n) is 18.4. The van der Waals surface area contributed by atoms with Crippen molar-refractivity contribution in [3.05, 3.63) is 78.0 Å². The Morgan fingerprint density at radius 1 is 1.03 bits per heavy atom. The number of ether oxygens (including phenoxy) is 1. The Bertz CT molecular complexity index is 1270.